The number of rotatable bonds is 8. The molecule has 0 unspecified atom stereocenters. The average molecular weight is 379 g/mol. The minimum absolute atomic E-state index is 0.0329. The molecule has 0 atom stereocenters. The topological polar surface area (TPSA) is 91.8 Å². The summed E-state index contributed by atoms with van der Waals surface area (Å²) in [7, 11) is 1.56. The molecular weight excluding hydrogens is 362 g/mol. The van der Waals surface area contributed by atoms with Gasteiger partial charge in [0.2, 0.25) is 0 Å². The van der Waals surface area contributed by atoms with E-state index >= 15 is 0 Å². The Morgan fingerprint density at radius 3 is 2.57 bits per heavy atom. The van der Waals surface area contributed by atoms with Crippen molar-refractivity contribution in [1.82, 2.24) is 0 Å². The Morgan fingerprint density at radius 1 is 1.11 bits per heavy atom. The van der Waals surface area contributed by atoms with Crippen molar-refractivity contribution in [2.45, 2.75) is 6.61 Å². The van der Waals surface area contributed by atoms with Gasteiger partial charge in [0.05, 0.1) is 12.0 Å². The summed E-state index contributed by atoms with van der Waals surface area (Å²) in [5, 5.41) is 11.0. The maximum Gasteiger partial charge on any atom is 0.310 e. The molecule has 28 heavy (non-hydrogen) atoms. The highest BCUT2D eigenvalue weighted by Crippen LogP contribution is 2.27. The number of hydrogen-bond donors (Lipinski definition) is 0. The summed E-state index contributed by atoms with van der Waals surface area (Å²) in [5.74, 6) is 1.63. The van der Waals surface area contributed by atoms with Crippen LogP contribution in [0.3, 0.4) is 0 Å². The van der Waals surface area contributed by atoms with Crippen molar-refractivity contribution in [2.75, 3.05) is 7.11 Å². The molecule has 0 saturated carbocycles. The number of hydrogen-bond acceptors (Lipinski definition) is 6. The molecule has 0 bridgehead atoms. The first-order valence-electron chi connectivity index (χ1n) is 8.38. The highest BCUT2D eigenvalue weighted by Gasteiger charge is 2.14. The van der Waals surface area contributed by atoms with E-state index in [1.807, 2.05) is 0 Å². The van der Waals surface area contributed by atoms with Crippen LogP contribution < -0.4 is 9.47 Å². The summed E-state index contributed by atoms with van der Waals surface area (Å²) in [6.45, 7) is 0.0329. The molecule has 0 fully saturated rings. The third-order valence-electron chi connectivity index (χ3n) is 3.89. The Bertz CT molecular complexity index is 1000. The van der Waals surface area contributed by atoms with E-state index in [9.17, 15) is 14.9 Å². The van der Waals surface area contributed by atoms with Crippen LogP contribution in [0.15, 0.2) is 71.2 Å². The molecule has 0 N–H and O–H groups in total. The van der Waals surface area contributed by atoms with Gasteiger partial charge in [0.1, 0.15) is 23.9 Å². The number of furan rings is 1. The summed E-state index contributed by atoms with van der Waals surface area (Å²) in [6.07, 6.45) is 2.97. The van der Waals surface area contributed by atoms with Crippen molar-refractivity contribution in [3.63, 3.8) is 0 Å². The highest BCUT2D eigenvalue weighted by atomic mass is 16.6. The Balaban J connectivity index is 1.61. The van der Waals surface area contributed by atoms with Gasteiger partial charge in [-0.1, -0.05) is 12.1 Å². The summed E-state index contributed by atoms with van der Waals surface area (Å²) in [6, 6.07) is 16.3. The minimum Gasteiger partial charge on any atom is -0.497 e. The predicted octanol–water partition coefficient (Wildman–Crippen LogP) is 4.67. The van der Waals surface area contributed by atoms with E-state index in [0.717, 1.165) is 0 Å². The lowest BCUT2D eigenvalue weighted by atomic mass is 10.1. The summed E-state index contributed by atoms with van der Waals surface area (Å²) in [4.78, 5) is 22.7. The molecule has 0 aliphatic carbocycles. The molecule has 7 nitrogen and oxygen atoms in total. The summed E-state index contributed by atoms with van der Waals surface area (Å²) in [5.41, 5.74) is 0.419. The van der Waals surface area contributed by atoms with Crippen molar-refractivity contribution in [2.24, 2.45) is 0 Å². The summed E-state index contributed by atoms with van der Waals surface area (Å²) >= 11 is 0. The first kappa shape index (κ1) is 18.9. The molecule has 1 heterocycles. The lowest BCUT2D eigenvalue weighted by molar-refractivity contribution is -0.386. The molecule has 2 aromatic carbocycles. The molecule has 7 heteroatoms. The van der Waals surface area contributed by atoms with Gasteiger partial charge in [-0.25, -0.2) is 0 Å². The zero-order chi connectivity index (χ0) is 19.9. The van der Waals surface area contributed by atoms with E-state index in [1.54, 1.807) is 61.7 Å². The smallest absolute Gasteiger partial charge is 0.310 e. The molecule has 3 aromatic rings. The van der Waals surface area contributed by atoms with E-state index in [0.29, 0.717) is 22.8 Å². The maximum absolute atomic E-state index is 12.2. The highest BCUT2D eigenvalue weighted by molar-refractivity contribution is 6.06. The van der Waals surface area contributed by atoms with Gasteiger partial charge in [0.25, 0.3) is 0 Å². The van der Waals surface area contributed by atoms with Gasteiger partial charge in [-0.05, 0) is 54.6 Å². The molecule has 0 aliphatic rings. The largest absolute Gasteiger partial charge is 0.497 e. The van der Waals surface area contributed by atoms with Crippen LogP contribution in [-0.4, -0.2) is 17.8 Å². The van der Waals surface area contributed by atoms with Crippen LogP contribution in [0.25, 0.3) is 6.08 Å². The number of carbonyl (C=O) groups is 1. The minimum atomic E-state index is -0.504. The van der Waals surface area contributed by atoms with E-state index in [-0.39, 0.29) is 23.8 Å². The molecular formula is C21H17NO6. The second-order valence-electron chi connectivity index (χ2n) is 5.74. The van der Waals surface area contributed by atoms with Gasteiger partial charge in [-0.15, -0.1) is 0 Å². The van der Waals surface area contributed by atoms with Gasteiger partial charge < -0.3 is 13.9 Å². The molecule has 3 rings (SSSR count). The van der Waals surface area contributed by atoms with Crippen LogP contribution >= 0.6 is 0 Å². The van der Waals surface area contributed by atoms with Gasteiger partial charge in [-0.3, -0.25) is 14.9 Å². The van der Waals surface area contributed by atoms with Gasteiger partial charge in [0, 0.05) is 11.6 Å². The number of ketones is 1. The number of allylic oxidation sites excluding steroid dienone is 1. The van der Waals surface area contributed by atoms with Gasteiger partial charge >= 0.3 is 5.69 Å². The lowest BCUT2D eigenvalue weighted by Gasteiger charge is -2.04. The molecule has 0 saturated heterocycles. The fraction of sp³-hybridized carbons (Fsp3) is 0.0952. The maximum atomic E-state index is 12.2. The van der Waals surface area contributed by atoms with Crippen molar-refractivity contribution in [3.8, 4) is 11.5 Å². The number of methoxy groups -OCH3 is 1. The molecule has 0 aliphatic heterocycles. The first-order chi connectivity index (χ1) is 13.6. The fourth-order valence-electron chi connectivity index (χ4n) is 2.45. The monoisotopic (exact) mass is 379 g/mol. The van der Waals surface area contributed by atoms with Crippen molar-refractivity contribution >= 4 is 17.5 Å². The van der Waals surface area contributed by atoms with Crippen molar-refractivity contribution < 1.29 is 23.6 Å². The number of nitro groups is 1. The molecule has 0 amide bonds. The van der Waals surface area contributed by atoms with E-state index in [1.165, 1.54) is 18.2 Å². The zero-order valence-electron chi connectivity index (χ0n) is 15.0. The SMILES string of the molecule is COc1ccc(C(=O)/C=C/c2ccc(COc3ccccc3[N+](=O)[O-])o2)cc1. The molecule has 0 spiro atoms. The Kier molecular flexibility index (Phi) is 5.86. The average Bonchev–Trinajstić information content (AvgIpc) is 3.18. The van der Waals surface area contributed by atoms with Crippen molar-refractivity contribution in [1.29, 1.82) is 0 Å². The molecule has 1 aromatic heterocycles. The Hall–Kier alpha value is -3.87. The predicted molar refractivity (Wildman–Crippen MR) is 102 cm³/mol. The number of para-hydroxylation sites is 2. The number of nitrogens with zero attached hydrogens (tertiary/aromatic N) is 1. The third kappa shape index (κ3) is 4.64. The standard InChI is InChI=1S/C21H17NO6/c1-26-16-8-6-15(7-9-16)20(23)13-12-17-10-11-18(28-17)14-27-21-5-3-2-4-19(21)22(24)25/h2-13H,14H2,1H3/b13-12+. The number of nitro benzene ring substituents is 1. The van der Waals surface area contributed by atoms with Crippen molar-refractivity contribution in [3.05, 3.63) is 93.9 Å². The second kappa shape index (κ2) is 8.68. The van der Waals surface area contributed by atoms with E-state index in [4.69, 9.17) is 13.9 Å². The lowest BCUT2D eigenvalue weighted by Crippen LogP contribution is -1.97. The molecule has 142 valence electrons. The van der Waals surface area contributed by atoms with Crippen LogP contribution in [0.5, 0.6) is 11.5 Å². The number of benzene rings is 2. The first-order valence-corrected chi connectivity index (χ1v) is 8.38. The zero-order valence-corrected chi connectivity index (χ0v) is 15.0. The Morgan fingerprint density at radius 2 is 1.86 bits per heavy atom. The number of carbonyl (C=O) groups excluding carboxylic acids is 1. The van der Waals surface area contributed by atoms with Gasteiger partial charge in [0.15, 0.2) is 11.5 Å². The normalized spacial score (nSPS) is 10.8. The van der Waals surface area contributed by atoms with Crippen LogP contribution in [0.4, 0.5) is 5.69 Å². The summed E-state index contributed by atoms with van der Waals surface area (Å²) < 4.78 is 16.1. The van der Waals surface area contributed by atoms with Crippen LogP contribution in [0.2, 0.25) is 0 Å². The molecule has 0 radical (unpaired) electrons. The number of ether oxygens (including phenoxy) is 2. The fourth-order valence-corrected chi connectivity index (χ4v) is 2.45. The van der Waals surface area contributed by atoms with E-state index < -0.39 is 4.92 Å². The van der Waals surface area contributed by atoms with E-state index in [2.05, 4.69) is 0 Å². The Labute approximate surface area is 161 Å². The quantitative estimate of drug-likeness (QED) is 0.244. The second-order valence-corrected chi connectivity index (χ2v) is 5.74. The van der Waals surface area contributed by atoms with Crippen LogP contribution in [-0.2, 0) is 6.61 Å². The van der Waals surface area contributed by atoms with Crippen LogP contribution in [0.1, 0.15) is 21.9 Å². The van der Waals surface area contributed by atoms with Crippen LogP contribution in [0, 0.1) is 10.1 Å². The third-order valence-corrected chi connectivity index (χ3v) is 3.89. The van der Waals surface area contributed by atoms with Gasteiger partial charge in [-0.2, -0.15) is 0 Å².